The van der Waals surface area contributed by atoms with Crippen LogP contribution in [-0.4, -0.2) is 37.8 Å². The smallest absolute Gasteiger partial charge is 0.323 e. The molecule has 0 atom stereocenters. The largest absolute Gasteiger partial charge is 0.489 e. The normalized spacial score (nSPS) is 10.6. The van der Waals surface area contributed by atoms with Crippen molar-refractivity contribution in [1.82, 2.24) is 5.32 Å². The van der Waals surface area contributed by atoms with Crippen LogP contribution in [0.5, 0.6) is 5.75 Å². The van der Waals surface area contributed by atoms with Crippen LogP contribution in [0.15, 0.2) is 18.2 Å². The van der Waals surface area contributed by atoms with Gasteiger partial charge in [0.1, 0.15) is 12.3 Å². The van der Waals surface area contributed by atoms with E-state index >= 15 is 0 Å². The lowest BCUT2D eigenvalue weighted by molar-refractivity contribution is -0.135. The lowest BCUT2D eigenvalue weighted by Crippen LogP contribution is -2.26. The van der Waals surface area contributed by atoms with Gasteiger partial charge in [-0.3, -0.25) is 4.79 Å². The highest BCUT2D eigenvalue weighted by Crippen LogP contribution is 2.29. The number of carboxylic acids is 1. The quantitative estimate of drug-likeness (QED) is 0.786. The standard InChI is InChI=1S/C14H22N2O3/c1-10(2)19-13-7-11(8-15-3)5-6-12(13)16(4)9-14(17)18/h5-7,10,15H,8-9H2,1-4H3,(H,17,18). The molecule has 0 unspecified atom stereocenters. The Labute approximate surface area is 114 Å². The highest BCUT2D eigenvalue weighted by atomic mass is 16.5. The molecule has 0 aliphatic heterocycles. The molecule has 5 nitrogen and oxygen atoms in total. The Morgan fingerprint density at radius 2 is 2.16 bits per heavy atom. The van der Waals surface area contributed by atoms with E-state index < -0.39 is 5.97 Å². The zero-order chi connectivity index (χ0) is 14.4. The van der Waals surface area contributed by atoms with Gasteiger partial charge < -0.3 is 20.1 Å². The highest BCUT2D eigenvalue weighted by Gasteiger charge is 2.13. The van der Waals surface area contributed by atoms with Gasteiger partial charge >= 0.3 is 5.97 Å². The number of nitrogens with one attached hydrogen (secondary N) is 1. The molecular formula is C14H22N2O3. The molecule has 1 aromatic carbocycles. The third kappa shape index (κ3) is 4.79. The van der Waals surface area contributed by atoms with E-state index in [9.17, 15) is 4.79 Å². The van der Waals surface area contributed by atoms with Gasteiger partial charge in [0.15, 0.2) is 0 Å². The van der Waals surface area contributed by atoms with E-state index in [2.05, 4.69) is 5.32 Å². The number of ether oxygens (including phenoxy) is 1. The van der Waals surface area contributed by atoms with Gasteiger partial charge in [-0.2, -0.15) is 0 Å². The molecule has 0 heterocycles. The van der Waals surface area contributed by atoms with Crippen molar-refractivity contribution in [3.8, 4) is 5.75 Å². The summed E-state index contributed by atoms with van der Waals surface area (Å²) >= 11 is 0. The number of benzene rings is 1. The summed E-state index contributed by atoms with van der Waals surface area (Å²) in [5.74, 6) is -0.149. The Kier molecular flexibility index (Phi) is 5.63. The first-order valence-electron chi connectivity index (χ1n) is 6.31. The van der Waals surface area contributed by atoms with Crippen LogP contribution in [0, 0.1) is 0 Å². The first-order chi connectivity index (χ1) is 8.93. The molecule has 19 heavy (non-hydrogen) atoms. The maximum Gasteiger partial charge on any atom is 0.323 e. The van der Waals surface area contributed by atoms with E-state index in [1.807, 2.05) is 39.1 Å². The van der Waals surface area contributed by atoms with Gasteiger partial charge in [-0.25, -0.2) is 0 Å². The Morgan fingerprint density at radius 1 is 1.47 bits per heavy atom. The van der Waals surface area contributed by atoms with Crippen molar-refractivity contribution < 1.29 is 14.6 Å². The maximum atomic E-state index is 10.8. The molecule has 0 saturated heterocycles. The van der Waals surface area contributed by atoms with Crippen LogP contribution < -0.4 is 15.0 Å². The first-order valence-corrected chi connectivity index (χ1v) is 6.31. The molecule has 0 bridgehead atoms. The first kappa shape index (κ1) is 15.3. The van der Waals surface area contributed by atoms with Crippen LogP contribution in [0.2, 0.25) is 0 Å². The van der Waals surface area contributed by atoms with Crippen LogP contribution in [0.1, 0.15) is 19.4 Å². The Bertz CT molecular complexity index is 433. The van der Waals surface area contributed by atoms with Crippen molar-refractivity contribution in [2.75, 3.05) is 25.5 Å². The predicted octanol–water partition coefficient (Wildman–Crippen LogP) is 1.71. The summed E-state index contributed by atoms with van der Waals surface area (Å²) < 4.78 is 5.77. The number of anilines is 1. The van der Waals surface area contributed by atoms with Gasteiger partial charge in [-0.1, -0.05) is 6.07 Å². The van der Waals surface area contributed by atoms with Crippen molar-refractivity contribution >= 4 is 11.7 Å². The van der Waals surface area contributed by atoms with E-state index in [1.54, 1.807) is 11.9 Å². The zero-order valence-electron chi connectivity index (χ0n) is 11.9. The highest BCUT2D eigenvalue weighted by molar-refractivity contribution is 5.75. The van der Waals surface area contributed by atoms with E-state index in [4.69, 9.17) is 9.84 Å². The topological polar surface area (TPSA) is 61.8 Å². The fourth-order valence-electron chi connectivity index (χ4n) is 1.82. The van der Waals surface area contributed by atoms with Crippen molar-refractivity contribution in [3.05, 3.63) is 23.8 Å². The predicted molar refractivity (Wildman–Crippen MR) is 75.9 cm³/mol. The molecule has 106 valence electrons. The second-order valence-electron chi connectivity index (χ2n) is 4.75. The van der Waals surface area contributed by atoms with Crippen molar-refractivity contribution in [1.29, 1.82) is 0 Å². The van der Waals surface area contributed by atoms with Gasteiger partial charge in [0, 0.05) is 13.6 Å². The van der Waals surface area contributed by atoms with Crippen LogP contribution >= 0.6 is 0 Å². The lowest BCUT2D eigenvalue weighted by Gasteiger charge is -2.22. The molecule has 0 saturated carbocycles. The number of carbonyl (C=O) groups is 1. The molecule has 1 aromatic rings. The number of nitrogens with zero attached hydrogens (tertiary/aromatic N) is 1. The van der Waals surface area contributed by atoms with E-state index in [-0.39, 0.29) is 12.6 Å². The Balaban J connectivity index is 3.03. The second-order valence-corrected chi connectivity index (χ2v) is 4.75. The Hall–Kier alpha value is -1.75. The lowest BCUT2D eigenvalue weighted by atomic mass is 10.1. The van der Waals surface area contributed by atoms with Gasteiger partial charge in [0.2, 0.25) is 0 Å². The molecule has 0 aromatic heterocycles. The molecule has 0 radical (unpaired) electrons. The molecule has 0 aliphatic rings. The molecule has 2 N–H and O–H groups in total. The fourth-order valence-corrected chi connectivity index (χ4v) is 1.82. The van der Waals surface area contributed by atoms with Gasteiger partial charge in [0.05, 0.1) is 11.8 Å². The maximum absolute atomic E-state index is 10.8. The van der Waals surface area contributed by atoms with Crippen molar-refractivity contribution in [2.24, 2.45) is 0 Å². The minimum absolute atomic E-state index is 0.0433. The summed E-state index contributed by atoms with van der Waals surface area (Å²) in [5, 5.41) is 11.9. The summed E-state index contributed by atoms with van der Waals surface area (Å²) in [7, 11) is 3.63. The summed E-state index contributed by atoms with van der Waals surface area (Å²) in [6, 6.07) is 5.81. The third-order valence-electron chi connectivity index (χ3n) is 2.55. The minimum atomic E-state index is -0.864. The van der Waals surface area contributed by atoms with E-state index in [0.717, 1.165) is 17.8 Å². The van der Waals surface area contributed by atoms with Gasteiger partial charge in [-0.05, 0) is 38.6 Å². The molecule has 0 amide bonds. The number of hydrogen-bond acceptors (Lipinski definition) is 4. The molecule has 0 spiro atoms. The molecular weight excluding hydrogens is 244 g/mol. The van der Waals surface area contributed by atoms with Gasteiger partial charge in [-0.15, -0.1) is 0 Å². The SMILES string of the molecule is CNCc1ccc(N(C)CC(=O)O)c(OC(C)C)c1. The van der Waals surface area contributed by atoms with Crippen molar-refractivity contribution in [2.45, 2.75) is 26.5 Å². The minimum Gasteiger partial charge on any atom is -0.489 e. The molecule has 0 aliphatic carbocycles. The van der Waals surface area contributed by atoms with Gasteiger partial charge in [0.25, 0.3) is 0 Å². The zero-order valence-corrected chi connectivity index (χ0v) is 11.9. The summed E-state index contributed by atoms with van der Waals surface area (Å²) in [6.45, 7) is 4.59. The number of hydrogen-bond donors (Lipinski definition) is 2. The molecule has 0 fully saturated rings. The molecule has 5 heteroatoms. The van der Waals surface area contributed by atoms with Crippen LogP contribution in [0.4, 0.5) is 5.69 Å². The fraction of sp³-hybridized carbons (Fsp3) is 0.500. The van der Waals surface area contributed by atoms with E-state index in [0.29, 0.717) is 5.75 Å². The van der Waals surface area contributed by atoms with E-state index in [1.165, 1.54) is 0 Å². The number of carboxylic acid groups (broad SMARTS) is 1. The number of likely N-dealkylation sites (N-methyl/N-ethyl adjacent to an activating group) is 1. The Morgan fingerprint density at radius 3 is 2.68 bits per heavy atom. The number of aliphatic carboxylic acids is 1. The summed E-state index contributed by atoms with van der Waals surface area (Å²) in [5.41, 5.74) is 1.89. The van der Waals surface area contributed by atoms with Crippen LogP contribution in [-0.2, 0) is 11.3 Å². The number of rotatable bonds is 7. The second kappa shape index (κ2) is 6.99. The average molecular weight is 266 g/mol. The third-order valence-corrected chi connectivity index (χ3v) is 2.55. The average Bonchev–Trinajstić information content (AvgIpc) is 2.27. The monoisotopic (exact) mass is 266 g/mol. The summed E-state index contributed by atoms with van der Waals surface area (Å²) in [6.07, 6.45) is 0.0433. The van der Waals surface area contributed by atoms with Crippen LogP contribution in [0.25, 0.3) is 0 Å². The summed E-state index contributed by atoms with van der Waals surface area (Å²) in [4.78, 5) is 12.5. The van der Waals surface area contributed by atoms with Crippen LogP contribution in [0.3, 0.4) is 0 Å². The molecule has 1 rings (SSSR count). The van der Waals surface area contributed by atoms with Crippen molar-refractivity contribution in [3.63, 3.8) is 0 Å².